The molecule has 6 heteroatoms. The molecule has 21 heavy (non-hydrogen) atoms. The first kappa shape index (κ1) is 16.7. The fraction of sp³-hybridized carbons (Fsp3) is 0.400. The first-order chi connectivity index (χ1) is 10.0. The molecule has 0 bridgehead atoms. The molecule has 0 aliphatic rings. The standard InChI is InChI=1S/C15H21N3O3/c1-11-5-3-4-6-12(11)15(21)18-10-8-14(20)17-9-7-13(19)16-2/h3-6H,7-10H2,1-2H3,(H,16,19)(H,17,20)(H,18,21). The second kappa shape index (κ2) is 8.73. The van der Waals surface area contributed by atoms with E-state index < -0.39 is 0 Å². The van der Waals surface area contributed by atoms with E-state index in [4.69, 9.17) is 0 Å². The van der Waals surface area contributed by atoms with Gasteiger partial charge < -0.3 is 16.0 Å². The minimum atomic E-state index is -0.191. The predicted molar refractivity (Wildman–Crippen MR) is 79.8 cm³/mol. The zero-order chi connectivity index (χ0) is 15.7. The van der Waals surface area contributed by atoms with Crippen molar-refractivity contribution in [3.05, 3.63) is 35.4 Å². The van der Waals surface area contributed by atoms with Crippen LogP contribution in [0.3, 0.4) is 0 Å². The smallest absolute Gasteiger partial charge is 0.251 e. The van der Waals surface area contributed by atoms with Crippen LogP contribution in [0.5, 0.6) is 0 Å². The normalized spacial score (nSPS) is 9.81. The summed E-state index contributed by atoms with van der Waals surface area (Å²) in [6, 6.07) is 7.27. The summed E-state index contributed by atoms with van der Waals surface area (Å²) in [5.74, 6) is -0.501. The Morgan fingerprint density at radius 1 is 0.952 bits per heavy atom. The van der Waals surface area contributed by atoms with Crippen molar-refractivity contribution in [2.75, 3.05) is 20.1 Å². The number of hydrogen-bond acceptors (Lipinski definition) is 3. The lowest BCUT2D eigenvalue weighted by Gasteiger charge is -2.08. The Bertz CT molecular complexity index is 515. The average Bonchev–Trinajstić information content (AvgIpc) is 2.47. The molecule has 114 valence electrons. The van der Waals surface area contributed by atoms with E-state index >= 15 is 0 Å². The number of amides is 3. The summed E-state index contributed by atoms with van der Waals surface area (Å²) in [5, 5.41) is 7.80. The van der Waals surface area contributed by atoms with Gasteiger partial charge in [-0.05, 0) is 18.6 Å². The van der Waals surface area contributed by atoms with Crippen LogP contribution < -0.4 is 16.0 Å². The van der Waals surface area contributed by atoms with E-state index in [2.05, 4.69) is 16.0 Å². The van der Waals surface area contributed by atoms with Gasteiger partial charge in [0, 0.05) is 38.5 Å². The van der Waals surface area contributed by atoms with Crippen molar-refractivity contribution in [1.29, 1.82) is 0 Å². The monoisotopic (exact) mass is 291 g/mol. The topological polar surface area (TPSA) is 87.3 Å². The summed E-state index contributed by atoms with van der Waals surface area (Å²) < 4.78 is 0. The third-order valence-electron chi connectivity index (χ3n) is 2.98. The lowest BCUT2D eigenvalue weighted by Crippen LogP contribution is -2.33. The van der Waals surface area contributed by atoms with Crippen molar-refractivity contribution in [1.82, 2.24) is 16.0 Å². The van der Waals surface area contributed by atoms with E-state index in [0.717, 1.165) is 5.56 Å². The molecule has 0 aromatic heterocycles. The molecule has 0 heterocycles. The highest BCUT2D eigenvalue weighted by molar-refractivity contribution is 5.95. The van der Waals surface area contributed by atoms with Gasteiger partial charge in [0.05, 0.1) is 0 Å². The molecular formula is C15H21N3O3. The summed E-state index contributed by atoms with van der Waals surface area (Å²) in [6.07, 6.45) is 0.434. The minimum absolute atomic E-state index is 0.122. The van der Waals surface area contributed by atoms with Crippen LogP contribution in [0.25, 0.3) is 0 Å². The lowest BCUT2D eigenvalue weighted by atomic mass is 10.1. The molecule has 0 unspecified atom stereocenters. The van der Waals surface area contributed by atoms with Crippen LogP contribution in [0.4, 0.5) is 0 Å². The van der Waals surface area contributed by atoms with E-state index in [1.165, 1.54) is 0 Å². The number of hydrogen-bond donors (Lipinski definition) is 3. The van der Waals surface area contributed by atoms with Gasteiger partial charge in [-0.1, -0.05) is 18.2 Å². The molecule has 0 saturated carbocycles. The van der Waals surface area contributed by atoms with Crippen LogP contribution in [-0.4, -0.2) is 37.9 Å². The molecule has 6 nitrogen and oxygen atoms in total. The van der Waals surface area contributed by atoms with Gasteiger partial charge in [-0.15, -0.1) is 0 Å². The largest absolute Gasteiger partial charge is 0.359 e. The predicted octanol–water partition coefficient (Wildman–Crippen LogP) is 0.367. The van der Waals surface area contributed by atoms with Gasteiger partial charge in [0.15, 0.2) is 0 Å². The minimum Gasteiger partial charge on any atom is -0.359 e. The Morgan fingerprint density at radius 2 is 1.57 bits per heavy atom. The van der Waals surface area contributed by atoms with Crippen molar-refractivity contribution in [2.45, 2.75) is 19.8 Å². The maximum atomic E-state index is 11.9. The van der Waals surface area contributed by atoms with E-state index in [-0.39, 0.29) is 37.1 Å². The van der Waals surface area contributed by atoms with Crippen LogP contribution >= 0.6 is 0 Å². The van der Waals surface area contributed by atoms with Gasteiger partial charge >= 0.3 is 0 Å². The molecule has 1 rings (SSSR count). The Morgan fingerprint density at radius 3 is 2.24 bits per heavy atom. The van der Waals surface area contributed by atoms with E-state index in [1.807, 2.05) is 19.1 Å². The Kier molecular flexibility index (Phi) is 6.94. The van der Waals surface area contributed by atoms with Crippen molar-refractivity contribution < 1.29 is 14.4 Å². The molecule has 0 atom stereocenters. The number of rotatable bonds is 7. The third kappa shape index (κ3) is 6.07. The van der Waals surface area contributed by atoms with E-state index in [1.54, 1.807) is 19.2 Å². The number of benzene rings is 1. The first-order valence-electron chi connectivity index (χ1n) is 6.85. The maximum absolute atomic E-state index is 11.9. The van der Waals surface area contributed by atoms with Crippen molar-refractivity contribution >= 4 is 17.7 Å². The Hall–Kier alpha value is -2.37. The van der Waals surface area contributed by atoms with E-state index in [0.29, 0.717) is 12.1 Å². The van der Waals surface area contributed by atoms with Crippen molar-refractivity contribution in [3.63, 3.8) is 0 Å². The van der Waals surface area contributed by atoms with Crippen LogP contribution in [0, 0.1) is 6.92 Å². The zero-order valence-corrected chi connectivity index (χ0v) is 12.4. The number of carbonyl (C=O) groups excluding carboxylic acids is 3. The molecule has 0 aliphatic carbocycles. The summed E-state index contributed by atoms with van der Waals surface area (Å²) in [6.45, 7) is 2.42. The highest BCUT2D eigenvalue weighted by atomic mass is 16.2. The van der Waals surface area contributed by atoms with Gasteiger partial charge in [-0.25, -0.2) is 0 Å². The fourth-order valence-corrected chi connectivity index (χ4v) is 1.74. The first-order valence-corrected chi connectivity index (χ1v) is 6.85. The quantitative estimate of drug-likeness (QED) is 0.678. The summed E-state index contributed by atoms with van der Waals surface area (Å²) in [5.41, 5.74) is 1.50. The lowest BCUT2D eigenvalue weighted by molar-refractivity contribution is -0.122. The number of aryl methyl sites for hydroxylation is 1. The number of nitrogens with one attached hydrogen (secondary N) is 3. The molecule has 0 spiro atoms. The van der Waals surface area contributed by atoms with Crippen LogP contribution in [0.15, 0.2) is 24.3 Å². The van der Waals surface area contributed by atoms with Gasteiger partial charge in [-0.3, -0.25) is 14.4 Å². The number of carbonyl (C=O) groups is 3. The molecular weight excluding hydrogens is 270 g/mol. The molecule has 0 fully saturated rings. The van der Waals surface area contributed by atoms with Crippen LogP contribution in [0.2, 0.25) is 0 Å². The van der Waals surface area contributed by atoms with Gasteiger partial charge in [0.2, 0.25) is 11.8 Å². The molecule has 3 N–H and O–H groups in total. The maximum Gasteiger partial charge on any atom is 0.251 e. The second-order valence-electron chi connectivity index (χ2n) is 4.59. The van der Waals surface area contributed by atoms with Gasteiger partial charge in [0.25, 0.3) is 5.91 Å². The van der Waals surface area contributed by atoms with Crippen molar-refractivity contribution in [3.8, 4) is 0 Å². The Balaban J connectivity index is 2.24. The molecule has 0 saturated heterocycles. The SMILES string of the molecule is CNC(=O)CCNC(=O)CCNC(=O)c1ccccc1C. The summed E-state index contributed by atoms with van der Waals surface area (Å²) >= 11 is 0. The second-order valence-corrected chi connectivity index (χ2v) is 4.59. The highest BCUT2D eigenvalue weighted by Crippen LogP contribution is 2.06. The van der Waals surface area contributed by atoms with Gasteiger partial charge in [-0.2, -0.15) is 0 Å². The zero-order valence-electron chi connectivity index (χ0n) is 12.4. The molecule has 0 radical (unpaired) electrons. The third-order valence-corrected chi connectivity index (χ3v) is 2.98. The molecule has 0 aliphatic heterocycles. The summed E-state index contributed by atoms with van der Waals surface area (Å²) in [7, 11) is 1.55. The fourth-order valence-electron chi connectivity index (χ4n) is 1.74. The highest BCUT2D eigenvalue weighted by Gasteiger charge is 2.08. The molecule has 1 aromatic rings. The molecule has 1 aromatic carbocycles. The van der Waals surface area contributed by atoms with Gasteiger partial charge in [0.1, 0.15) is 0 Å². The van der Waals surface area contributed by atoms with Crippen molar-refractivity contribution in [2.24, 2.45) is 0 Å². The Labute approximate surface area is 124 Å². The average molecular weight is 291 g/mol. The molecule has 3 amide bonds. The summed E-state index contributed by atoms with van der Waals surface area (Å²) in [4.78, 5) is 34.4. The van der Waals surface area contributed by atoms with Crippen LogP contribution in [-0.2, 0) is 9.59 Å². The van der Waals surface area contributed by atoms with E-state index in [9.17, 15) is 14.4 Å². The van der Waals surface area contributed by atoms with Crippen LogP contribution in [0.1, 0.15) is 28.8 Å².